The molecule has 2 fully saturated rings. The Kier molecular flexibility index (Phi) is 8.07. The molecule has 3 aliphatic carbocycles. The molecule has 3 nitrogen and oxygen atoms in total. The molecule has 2 unspecified atom stereocenters. The fourth-order valence-corrected chi connectivity index (χ4v) is 7.27. The molecule has 0 amide bonds. The van der Waals surface area contributed by atoms with Crippen molar-refractivity contribution < 1.29 is 9.47 Å². The summed E-state index contributed by atoms with van der Waals surface area (Å²) in [5, 5.41) is 0. The number of nitrogens with zero attached hydrogens (tertiary/aromatic N) is 1. The van der Waals surface area contributed by atoms with Gasteiger partial charge in [0.2, 0.25) is 0 Å². The van der Waals surface area contributed by atoms with Crippen molar-refractivity contribution in [1.82, 2.24) is 4.98 Å². The molecule has 1 aromatic heterocycles. The maximum absolute atomic E-state index is 7.27. The monoisotopic (exact) mass is 549 g/mol. The molecule has 0 bridgehead atoms. The second-order valence-corrected chi connectivity index (χ2v) is 15.4. The van der Waals surface area contributed by atoms with Crippen LogP contribution in [0.2, 0.25) is 0 Å². The zero-order valence-corrected chi connectivity index (χ0v) is 26.8. The van der Waals surface area contributed by atoms with Gasteiger partial charge in [0.1, 0.15) is 6.10 Å². The van der Waals surface area contributed by atoms with Gasteiger partial charge in [-0.05, 0) is 106 Å². The van der Waals surface area contributed by atoms with Crippen LogP contribution in [0.3, 0.4) is 0 Å². The first-order valence-corrected chi connectivity index (χ1v) is 16.9. The Hall–Kier alpha value is -1.36. The molecule has 1 spiro atoms. The highest BCUT2D eigenvalue weighted by Crippen LogP contribution is 2.60. The summed E-state index contributed by atoms with van der Waals surface area (Å²) in [7, 11) is 0. The highest BCUT2D eigenvalue weighted by atomic mass is 32.2. The van der Waals surface area contributed by atoms with Gasteiger partial charge in [-0.15, -0.1) is 0 Å². The van der Waals surface area contributed by atoms with Crippen LogP contribution in [0.25, 0.3) is 0 Å². The van der Waals surface area contributed by atoms with Gasteiger partial charge >= 0.3 is 0 Å². The number of hydrogen-bond acceptors (Lipinski definition) is 4. The Bertz CT molecular complexity index is 1170. The largest absolute Gasteiger partial charge is 0.368 e. The van der Waals surface area contributed by atoms with E-state index in [-0.39, 0.29) is 28.8 Å². The summed E-state index contributed by atoms with van der Waals surface area (Å²) in [6.45, 7) is 15.9. The first kappa shape index (κ1) is 29.1. The molecule has 2 heterocycles. The van der Waals surface area contributed by atoms with Crippen LogP contribution in [0.4, 0.5) is 0 Å². The maximum atomic E-state index is 7.27. The predicted octanol–water partition coefficient (Wildman–Crippen LogP) is 9.78. The lowest BCUT2D eigenvalue weighted by atomic mass is 9.70. The van der Waals surface area contributed by atoms with E-state index < -0.39 is 0 Å². The SMILES string of the molecule is CC(C)c1nc2c(c3c1C(c1ccc(C4CC4)cc1)OC31CCCC1)C(OC(C)(C)C)CC(C)(C)C2.CSC. The third kappa shape index (κ3) is 5.86. The fourth-order valence-electron chi connectivity index (χ4n) is 7.27. The summed E-state index contributed by atoms with van der Waals surface area (Å²) >= 11 is 1.75. The lowest BCUT2D eigenvalue weighted by Crippen LogP contribution is -2.35. The Labute approximate surface area is 242 Å². The van der Waals surface area contributed by atoms with Crippen molar-refractivity contribution >= 4 is 11.8 Å². The van der Waals surface area contributed by atoms with Crippen LogP contribution in [0.5, 0.6) is 0 Å². The van der Waals surface area contributed by atoms with E-state index >= 15 is 0 Å². The summed E-state index contributed by atoms with van der Waals surface area (Å²) in [4.78, 5) is 5.49. The molecule has 2 saturated carbocycles. The number of rotatable bonds is 4. The van der Waals surface area contributed by atoms with Gasteiger partial charge in [0.25, 0.3) is 0 Å². The van der Waals surface area contributed by atoms with Crippen molar-refractivity contribution in [3.63, 3.8) is 0 Å². The second kappa shape index (κ2) is 10.8. The Balaban J connectivity index is 0.000000983. The van der Waals surface area contributed by atoms with E-state index in [9.17, 15) is 0 Å². The Morgan fingerprint density at radius 2 is 1.56 bits per heavy atom. The third-order valence-electron chi connectivity index (χ3n) is 8.89. The van der Waals surface area contributed by atoms with E-state index in [1.807, 2.05) is 12.5 Å². The van der Waals surface area contributed by atoms with Crippen LogP contribution < -0.4 is 0 Å². The number of fused-ring (bicyclic) bond motifs is 4. The molecule has 214 valence electrons. The third-order valence-corrected chi connectivity index (χ3v) is 8.89. The quantitative estimate of drug-likeness (QED) is 0.380. The van der Waals surface area contributed by atoms with Gasteiger partial charge in [-0.1, -0.05) is 64.8 Å². The lowest BCUT2D eigenvalue weighted by Gasteiger charge is -2.42. The van der Waals surface area contributed by atoms with Gasteiger partial charge in [-0.25, -0.2) is 0 Å². The minimum atomic E-state index is -0.209. The van der Waals surface area contributed by atoms with Crippen LogP contribution in [0.1, 0.15) is 157 Å². The molecule has 2 aromatic rings. The smallest absolute Gasteiger partial charge is 0.111 e. The van der Waals surface area contributed by atoms with Gasteiger partial charge in [0.15, 0.2) is 0 Å². The molecule has 4 aliphatic rings. The molecule has 6 rings (SSSR count). The fraction of sp³-hybridized carbons (Fsp3) is 0.686. The molecule has 0 N–H and O–H groups in total. The van der Waals surface area contributed by atoms with Crippen LogP contribution in [0, 0.1) is 5.41 Å². The molecule has 4 heteroatoms. The predicted molar refractivity (Wildman–Crippen MR) is 165 cm³/mol. The van der Waals surface area contributed by atoms with Crippen molar-refractivity contribution in [2.24, 2.45) is 5.41 Å². The zero-order chi connectivity index (χ0) is 28.2. The van der Waals surface area contributed by atoms with Crippen molar-refractivity contribution in [1.29, 1.82) is 0 Å². The van der Waals surface area contributed by atoms with Crippen molar-refractivity contribution in [2.45, 2.75) is 135 Å². The van der Waals surface area contributed by atoms with Crippen molar-refractivity contribution in [3.05, 3.63) is 63.5 Å². The summed E-state index contributed by atoms with van der Waals surface area (Å²) in [6.07, 6.45) is 13.5. The maximum Gasteiger partial charge on any atom is 0.111 e. The van der Waals surface area contributed by atoms with Gasteiger partial charge in [0, 0.05) is 22.5 Å². The van der Waals surface area contributed by atoms with Gasteiger partial charge < -0.3 is 9.47 Å². The topological polar surface area (TPSA) is 31.4 Å². The number of thioether (sulfide) groups is 1. The van der Waals surface area contributed by atoms with Gasteiger partial charge in [0.05, 0.1) is 17.3 Å². The number of pyridine rings is 1. The normalized spacial score (nSPS) is 24.9. The first-order valence-electron chi connectivity index (χ1n) is 15.3. The summed E-state index contributed by atoms with van der Waals surface area (Å²) < 4.78 is 14.1. The zero-order valence-electron chi connectivity index (χ0n) is 25.9. The Morgan fingerprint density at radius 3 is 2.10 bits per heavy atom. The molecule has 0 saturated heterocycles. The number of hydrogen-bond donors (Lipinski definition) is 0. The molecular formula is C35H51NO2S. The summed E-state index contributed by atoms with van der Waals surface area (Å²) in [5.74, 6) is 1.13. The minimum Gasteiger partial charge on any atom is -0.368 e. The average molecular weight is 550 g/mol. The van der Waals surface area contributed by atoms with Crippen LogP contribution in [-0.4, -0.2) is 23.1 Å². The lowest BCUT2D eigenvalue weighted by molar-refractivity contribution is -0.0881. The molecular weight excluding hydrogens is 498 g/mol. The number of aromatic nitrogens is 1. The minimum absolute atomic E-state index is 0.0354. The average Bonchev–Trinajstić information content (AvgIpc) is 3.50. The van der Waals surface area contributed by atoms with Crippen molar-refractivity contribution in [2.75, 3.05) is 12.5 Å². The summed E-state index contributed by atoms with van der Waals surface area (Å²) in [6, 6.07) is 9.38. The highest BCUT2D eigenvalue weighted by Gasteiger charge is 2.53. The Morgan fingerprint density at radius 1 is 0.974 bits per heavy atom. The van der Waals surface area contributed by atoms with Crippen LogP contribution >= 0.6 is 11.8 Å². The van der Waals surface area contributed by atoms with E-state index in [1.165, 1.54) is 64.9 Å². The summed E-state index contributed by atoms with van der Waals surface area (Å²) in [5.41, 5.74) is 9.26. The van der Waals surface area contributed by atoms with E-state index in [2.05, 4.69) is 72.7 Å². The van der Waals surface area contributed by atoms with E-state index in [0.29, 0.717) is 5.92 Å². The molecule has 39 heavy (non-hydrogen) atoms. The van der Waals surface area contributed by atoms with E-state index in [1.54, 1.807) is 11.8 Å². The first-order chi connectivity index (χ1) is 18.4. The molecule has 1 aromatic carbocycles. The second-order valence-electron chi connectivity index (χ2n) is 14.6. The number of benzene rings is 1. The molecule has 2 atom stereocenters. The van der Waals surface area contributed by atoms with E-state index in [4.69, 9.17) is 14.5 Å². The highest BCUT2D eigenvalue weighted by molar-refractivity contribution is 7.97. The van der Waals surface area contributed by atoms with Crippen LogP contribution in [-0.2, 0) is 21.5 Å². The van der Waals surface area contributed by atoms with E-state index in [0.717, 1.165) is 31.6 Å². The molecule has 0 radical (unpaired) electrons. The van der Waals surface area contributed by atoms with Crippen LogP contribution in [0.15, 0.2) is 24.3 Å². The molecule has 1 aliphatic heterocycles. The van der Waals surface area contributed by atoms with Crippen molar-refractivity contribution in [3.8, 4) is 0 Å². The number of ether oxygens (including phenoxy) is 2. The van der Waals surface area contributed by atoms with Gasteiger partial charge in [-0.3, -0.25) is 4.98 Å². The standard InChI is InChI=1S/C33H45NO2.C2H6S/c1-20(2)29-27-28(26-24(34-29)18-32(6,7)19-25(26)35-31(3,4)5)33(16-8-9-17-33)36-30(27)23-14-12-22(13-15-23)21-10-11-21;1-3-2/h12-15,20-21,25,30H,8-11,16-19H2,1-7H3;1-2H3. The van der Waals surface area contributed by atoms with Gasteiger partial charge in [-0.2, -0.15) is 11.8 Å².